The standard InChI is InChI=1S/C23H34N2O5/c1-15(16-8-10-17(11-9-16)20(27)29-7)24-19(26)18-14-23(5,6)12-13-25(18)21(28)30-22(2,3)4/h8-11,15,18H,12-14H2,1-7H3,(H,24,26)/t15-,18+/m0/s1. The Balaban J connectivity index is 2.13. The molecule has 2 atom stereocenters. The average Bonchev–Trinajstić information content (AvgIpc) is 2.65. The molecule has 2 rings (SSSR count). The number of hydrogen-bond acceptors (Lipinski definition) is 5. The largest absolute Gasteiger partial charge is 0.465 e. The quantitative estimate of drug-likeness (QED) is 0.745. The highest BCUT2D eigenvalue weighted by Crippen LogP contribution is 2.35. The summed E-state index contributed by atoms with van der Waals surface area (Å²) in [5, 5.41) is 3.01. The van der Waals surface area contributed by atoms with E-state index in [1.807, 2.05) is 27.7 Å². The van der Waals surface area contributed by atoms with Crippen LogP contribution in [0.2, 0.25) is 0 Å². The van der Waals surface area contributed by atoms with Gasteiger partial charge in [0.2, 0.25) is 5.91 Å². The first-order valence-electron chi connectivity index (χ1n) is 10.3. The van der Waals surface area contributed by atoms with Crippen molar-refractivity contribution >= 4 is 18.0 Å². The van der Waals surface area contributed by atoms with Crippen molar-refractivity contribution in [2.75, 3.05) is 13.7 Å². The number of piperidine rings is 1. The molecule has 1 saturated heterocycles. The van der Waals surface area contributed by atoms with Crippen LogP contribution in [0.4, 0.5) is 4.79 Å². The number of rotatable bonds is 4. The predicted octanol–water partition coefficient (Wildman–Crippen LogP) is 4.08. The molecule has 1 fully saturated rings. The lowest BCUT2D eigenvalue weighted by atomic mass is 9.78. The number of likely N-dealkylation sites (tertiary alicyclic amines) is 1. The van der Waals surface area contributed by atoms with Gasteiger partial charge >= 0.3 is 12.1 Å². The lowest BCUT2D eigenvalue weighted by molar-refractivity contribution is -0.130. The summed E-state index contributed by atoms with van der Waals surface area (Å²) in [6.45, 7) is 12.0. The second kappa shape index (κ2) is 9.06. The minimum absolute atomic E-state index is 0.0497. The van der Waals surface area contributed by atoms with Crippen molar-refractivity contribution in [3.63, 3.8) is 0 Å². The van der Waals surface area contributed by atoms with Crippen LogP contribution in [0.15, 0.2) is 24.3 Å². The number of methoxy groups -OCH3 is 1. The van der Waals surface area contributed by atoms with E-state index in [1.54, 1.807) is 29.2 Å². The molecule has 0 saturated carbocycles. The number of esters is 1. The molecule has 0 unspecified atom stereocenters. The maximum Gasteiger partial charge on any atom is 0.410 e. The van der Waals surface area contributed by atoms with Crippen LogP contribution < -0.4 is 5.32 Å². The zero-order chi connectivity index (χ0) is 22.7. The molecule has 30 heavy (non-hydrogen) atoms. The highest BCUT2D eigenvalue weighted by atomic mass is 16.6. The zero-order valence-corrected chi connectivity index (χ0v) is 19.1. The van der Waals surface area contributed by atoms with E-state index in [1.165, 1.54) is 7.11 Å². The molecule has 166 valence electrons. The smallest absolute Gasteiger partial charge is 0.410 e. The van der Waals surface area contributed by atoms with E-state index in [-0.39, 0.29) is 17.4 Å². The van der Waals surface area contributed by atoms with Crippen molar-refractivity contribution in [2.24, 2.45) is 5.41 Å². The van der Waals surface area contributed by atoms with Gasteiger partial charge in [0.15, 0.2) is 0 Å². The molecule has 7 nitrogen and oxygen atoms in total. The molecule has 0 radical (unpaired) electrons. The maximum absolute atomic E-state index is 13.1. The van der Waals surface area contributed by atoms with Crippen LogP contribution in [-0.4, -0.2) is 48.2 Å². The van der Waals surface area contributed by atoms with Gasteiger partial charge in [-0.25, -0.2) is 9.59 Å². The summed E-state index contributed by atoms with van der Waals surface area (Å²) < 4.78 is 10.2. The van der Waals surface area contributed by atoms with Crippen LogP contribution in [0.3, 0.4) is 0 Å². The van der Waals surface area contributed by atoms with Gasteiger partial charge < -0.3 is 14.8 Å². The molecule has 0 aromatic heterocycles. The first kappa shape index (κ1) is 23.7. The fourth-order valence-electron chi connectivity index (χ4n) is 3.51. The van der Waals surface area contributed by atoms with Gasteiger partial charge in [0.25, 0.3) is 0 Å². The number of carbonyl (C=O) groups excluding carboxylic acids is 3. The van der Waals surface area contributed by atoms with Gasteiger partial charge in [-0.1, -0.05) is 26.0 Å². The van der Waals surface area contributed by atoms with Gasteiger partial charge in [-0.05, 0) is 63.6 Å². The molecule has 1 heterocycles. The summed E-state index contributed by atoms with van der Waals surface area (Å²) in [4.78, 5) is 39.0. The van der Waals surface area contributed by atoms with Crippen molar-refractivity contribution in [3.8, 4) is 0 Å². The highest BCUT2D eigenvalue weighted by molar-refractivity contribution is 5.89. The van der Waals surface area contributed by atoms with Gasteiger partial charge in [0.05, 0.1) is 18.7 Å². The molecule has 1 aliphatic heterocycles. The molecular formula is C23H34N2O5. The average molecular weight is 419 g/mol. The third kappa shape index (κ3) is 6.21. The summed E-state index contributed by atoms with van der Waals surface area (Å²) in [7, 11) is 1.33. The molecular weight excluding hydrogens is 384 g/mol. The van der Waals surface area contributed by atoms with E-state index < -0.39 is 23.7 Å². The van der Waals surface area contributed by atoms with Gasteiger partial charge in [-0.2, -0.15) is 0 Å². The first-order valence-corrected chi connectivity index (χ1v) is 10.3. The van der Waals surface area contributed by atoms with Crippen molar-refractivity contribution in [1.82, 2.24) is 10.2 Å². The zero-order valence-electron chi connectivity index (χ0n) is 19.1. The minimum Gasteiger partial charge on any atom is -0.465 e. The summed E-state index contributed by atoms with van der Waals surface area (Å²) in [6.07, 6.45) is 0.903. The van der Waals surface area contributed by atoms with Crippen molar-refractivity contribution < 1.29 is 23.9 Å². The lowest BCUT2D eigenvalue weighted by Gasteiger charge is -2.43. The number of nitrogens with zero attached hydrogens (tertiary/aromatic N) is 1. The normalized spacial score (nSPS) is 19.6. The SMILES string of the molecule is COC(=O)c1ccc([C@H](C)NC(=O)[C@H]2CC(C)(C)CCN2C(=O)OC(C)(C)C)cc1. The van der Waals surface area contributed by atoms with E-state index >= 15 is 0 Å². The Hall–Kier alpha value is -2.57. The number of benzene rings is 1. The summed E-state index contributed by atoms with van der Waals surface area (Å²) in [5.74, 6) is -0.617. The van der Waals surface area contributed by atoms with Crippen LogP contribution in [0.5, 0.6) is 0 Å². The monoisotopic (exact) mass is 418 g/mol. The van der Waals surface area contributed by atoms with Crippen LogP contribution in [-0.2, 0) is 14.3 Å². The predicted molar refractivity (Wildman–Crippen MR) is 114 cm³/mol. The van der Waals surface area contributed by atoms with E-state index in [9.17, 15) is 14.4 Å². The lowest BCUT2D eigenvalue weighted by Crippen LogP contribution is -2.56. The van der Waals surface area contributed by atoms with Crippen LogP contribution >= 0.6 is 0 Å². The molecule has 0 bridgehead atoms. The Bertz CT molecular complexity index is 780. The van der Waals surface area contributed by atoms with Crippen LogP contribution in [0.1, 0.15) is 76.3 Å². The number of carbonyl (C=O) groups is 3. The van der Waals surface area contributed by atoms with Gasteiger partial charge in [0.1, 0.15) is 11.6 Å². The molecule has 7 heteroatoms. The molecule has 1 aromatic rings. The third-order valence-electron chi connectivity index (χ3n) is 5.27. The van der Waals surface area contributed by atoms with E-state index in [0.29, 0.717) is 18.5 Å². The molecule has 0 aliphatic carbocycles. The summed E-state index contributed by atoms with van der Waals surface area (Å²) >= 11 is 0. The molecule has 1 N–H and O–H groups in total. The maximum atomic E-state index is 13.1. The highest BCUT2D eigenvalue weighted by Gasteiger charge is 2.41. The Labute approximate surface area is 179 Å². The first-order chi connectivity index (χ1) is 13.8. The van der Waals surface area contributed by atoms with Crippen molar-refractivity contribution in [1.29, 1.82) is 0 Å². The van der Waals surface area contributed by atoms with Crippen molar-refractivity contribution in [2.45, 2.75) is 72.1 Å². The molecule has 2 amide bonds. The second-order valence-electron chi connectivity index (χ2n) is 9.65. The number of ether oxygens (including phenoxy) is 2. The topological polar surface area (TPSA) is 84.9 Å². The fourth-order valence-corrected chi connectivity index (χ4v) is 3.51. The third-order valence-corrected chi connectivity index (χ3v) is 5.27. The van der Waals surface area contributed by atoms with E-state index in [0.717, 1.165) is 12.0 Å². The Morgan fingerprint density at radius 3 is 2.30 bits per heavy atom. The minimum atomic E-state index is -0.625. The van der Waals surface area contributed by atoms with Gasteiger partial charge in [0, 0.05) is 6.54 Å². The second-order valence-corrected chi connectivity index (χ2v) is 9.65. The van der Waals surface area contributed by atoms with E-state index in [4.69, 9.17) is 9.47 Å². The van der Waals surface area contributed by atoms with Crippen molar-refractivity contribution in [3.05, 3.63) is 35.4 Å². The Morgan fingerprint density at radius 1 is 1.17 bits per heavy atom. The summed E-state index contributed by atoms with van der Waals surface area (Å²) in [5.41, 5.74) is 0.630. The number of hydrogen-bond donors (Lipinski definition) is 1. The molecule has 1 aliphatic rings. The van der Waals surface area contributed by atoms with Crippen LogP contribution in [0.25, 0.3) is 0 Å². The van der Waals surface area contributed by atoms with Crippen LogP contribution in [0, 0.1) is 5.41 Å². The van der Waals surface area contributed by atoms with Gasteiger partial charge in [-0.15, -0.1) is 0 Å². The molecule has 0 spiro atoms. The number of nitrogens with one attached hydrogen (secondary N) is 1. The summed E-state index contributed by atoms with van der Waals surface area (Å²) in [6, 6.07) is 6.03. The molecule has 1 aromatic carbocycles. The number of amides is 2. The van der Waals surface area contributed by atoms with E-state index in [2.05, 4.69) is 19.2 Å². The Kier molecular flexibility index (Phi) is 7.16. The van der Waals surface area contributed by atoms with Gasteiger partial charge in [-0.3, -0.25) is 9.69 Å². The fraction of sp³-hybridized carbons (Fsp3) is 0.609. The Morgan fingerprint density at radius 2 is 1.77 bits per heavy atom.